The van der Waals surface area contributed by atoms with Crippen LogP contribution in [0.15, 0.2) is 47.4 Å². The Kier molecular flexibility index (Phi) is 11.8. The van der Waals surface area contributed by atoms with Crippen LogP contribution in [0.2, 0.25) is 5.02 Å². The van der Waals surface area contributed by atoms with Gasteiger partial charge in [0, 0.05) is 24.4 Å². The number of thiazole rings is 1. The third-order valence-electron chi connectivity index (χ3n) is 5.29. The molecule has 0 fully saturated rings. The van der Waals surface area contributed by atoms with Crippen LogP contribution in [0.4, 0.5) is 5.13 Å². The highest BCUT2D eigenvalue weighted by atomic mass is 35.5. The van der Waals surface area contributed by atoms with Crippen LogP contribution < -0.4 is 9.64 Å². The molecule has 0 aliphatic rings. The zero-order valence-electron chi connectivity index (χ0n) is 19.3. The number of nitrogens with zero attached hydrogens (tertiary/aromatic N) is 3. The van der Waals surface area contributed by atoms with E-state index in [9.17, 15) is 4.79 Å². The molecule has 0 unspecified atom stereocenters. The van der Waals surface area contributed by atoms with E-state index in [0.717, 1.165) is 52.9 Å². The zero-order chi connectivity index (χ0) is 22.9. The number of carbonyl (C=O) groups is 1. The van der Waals surface area contributed by atoms with Gasteiger partial charge in [0.2, 0.25) is 5.91 Å². The van der Waals surface area contributed by atoms with Crippen LogP contribution in [0.3, 0.4) is 0 Å². The fraction of sp³-hybridized carbons (Fsp3) is 0.417. The van der Waals surface area contributed by atoms with Crippen molar-refractivity contribution in [1.29, 1.82) is 0 Å². The fourth-order valence-electron chi connectivity index (χ4n) is 3.35. The Balaban J connectivity index is 0.00000385. The van der Waals surface area contributed by atoms with Gasteiger partial charge >= 0.3 is 0 Å². The molecule has 1 heterocycles. The third kappa shape index (κ3) is 7.76. The number of amides is 1. The van der Waals surface area contributed by atoms with Crippen LogP contribution in [-0.2, 0) is 4.79 Å². The highest BCUT2D eigenvalue weighted by Gasteiger charge is 2.20. The molecule has 0 N–H and O–H groups in total. The molecular weight excluding hydrogens is 497 g/mol. The lowest BCUT2D eigenvalue weighted by molar-refractivity contribution is -0.118. The largest absolute Gasteiger partial charge is 0.497 e. The number of aromatic nitrogens is 1. The molecule has 0 saturated heterocycles. The summed E-state index contributed by atoms with van der Waals surface area (Å²) in [7, 11) is 1.67. The summed E-state index contributed by atoms with van der Waals surface area (Å²) in [5, 5.41) is 1.35. The van der Waals surface area contributed by atoms with Crippen molar-refractivity contribution in [2.75, 3.05) is 43.9 Å². The van der Waals surface area contributed by atoms with Crippen molar-refractivity contribution in [2.24, 2.45) is 0 Å². The Labute approximate surface area is 215 Å². The SMILES string of the molecule is CCN(CC)CCN(C(=O)CCCSc1ccc(OC)cc1)c1nc2c(Cl)cccc2s1.Cl. The Morgan fingerprint density at radius 2 is 1.85 bits per heavy atom. The van der Waals surface area contributed by atoms with E-state index in [4.69, 9.17) is 21.3 Å². The van der Waals surface area contributed by atoms with Gasteiger partial charge in [0.05, 0.1) is 16.8 Å². The lowest BCUT2D eigenvalue weighted by Crippen LogP contribution is -2.38. The number of fused-ring (bicyclic) bond motifs is 1. The average molecular weight is 529 g/mol. The van der Waals surface area contributed by atoms with Crippen LogP contribution in [0, 0.1) is 0 Å². The van der Waals surface area contributed by atoms with E-state index in [1.165, 1.54) is 16.2 Å². The van der Waals surface area contributed by atoms with Crippen molar-refractivity contribution in [2.45, 2.75) is 31.6 Å². The Morgan fingerprint density at radius 1 is 1.12 bits per heavy atom. The van der Waals surface area contributed by atoms with Crippen molar-refractivity contribution in [3.05, 3.63) is 47.5 Å². The summed E-state index contributed by atoms with van der Waals surface area (Å²) in [5.74, 6) is 1.85. The maximum Gasteiger partial charge on any atom is 0.228 e. The molecule has 2 aromatic carbocycles. The van der Waals surface area contributed by atoms with E-state index < -0.39 is 0 Å². The number of hydrogen-bond donors (Lipinski definition) is 0. The first-order valence-corrected chi connectivity index (χ1v) is 13.1. The topological polar surface area (TPSA) is 45.7 Å². The maximum absolute atomic E-state index is 13.2. The number of anilines is 1. The van der Waals surface area contributed by atoms with Gasteiger partial charge in [-0.05, 0) is 61.7 Å². The van der Waals surface area contributed by atoms with E-state index >= 15 is 0 Å². The van der Waals surface area contributed by atoms with E-state index in [1.54, 1.807) is 18.9 Å². The summed E-state index contributed by atoms with van der Waals surface area (Å²) in [6.07, 6.45) is 1.30. The highest BCUT2D eigenvalue weighted by Crippen LogP contribution is 2.33. The second-order valence-corrected chi connectivity index (χ2v) is 9.87. The average Bonchev–Trinajstić information content (AvgIpc) is 3.25. The molecule has 0 aliphatic carbocycles. The van der Waals surface area contributed by atoms with Gasteiger partial charge in [-0.2, -0.15) is 0 Å². The quantitative estimate of drug-likeness (QED) is 0.195. The summed E-state index contributed by atoms with van der Waals surface area (Å²) < 4.78 is 6.21. The van der Waals surface area contributed by atoms with Gasteiger partial charge in [-0.15, -0.1) is 24.2 Å². The van der Waals surface area contributed by atoms with Crippen molar-refractivity contribution >= 4 is 68.4 Å². The number of thioether (sulfide) groups is 1. The van der Waals surface area contributed by atoms with E-state index in [1.807, 2.05) is 47.4 Å². The molecule has 0 radical (unpaired) electrons. The van der Waals surface area contributed by atoms with Crippen molar-refractivity contribution in [3.8, 4) is 5.75 Å². The minimum Gasteiger partial charge on any atom is -0.497 e. The maximum atomic E-state index is 13.2. The fourth-order valence-corrected chi connectivity index (χ4v) is 5.51. The van der Waals surface area contributed by atoms with Gasteiger partial charge in [-0.1, -0.05) is 42.9 Å². The smallest absolute Gasteiger partial charge is 0.228 e. The van der Waals surface area contributed by atoms with Gasteiger partial charge in [0.15, 0.2) is 5.13 Å². The van der Waals surface area contributed by atoms with Crippen molar-refractivity contribution in [1.82, 2.24) is 9.88 Å². The molecule has 1 amide bonds. The normalized spacial score (nSPS) is 10.9. The van der Waals surface area contributed by atoms with E-state index in [0.29, 0.717) is 18.0 Å². The summed E-state index contributed by atoms with van der Waals surface area (Å²) in [4.78, 5) is 23.3. The first-order valence-electron chi connectivity index (χ1n) is 10.9. The van der Waals surface area contributed by atoms with Crippen LogP contribution in [0.5, 0.6) is 5.75 Å². The number of hydrogen-bond acceptors (Lipinski definition) is 6. The molecule has 5 nitrogen and oxygen atoms in total. The predicted octanol–water partition coefficient (Wildman–Crippen LogP) is 6.63. The van der Waals surface area contributed by atoms with Crippen LogP contribution in [0.25, 0.3) is 10.2 Å². The molecule has 0 atom stereocenters. The summed E-state index contributed by atoms with van der Waals surface area (Å²) in [6, 6.07) is 13.8. The molecular formula is C24H31Cl2N3O2S2. The first kappa shape index (κ1) is 27.7. The number of para-hydroxylation sites is 1. The number of halogens is 2. The predicted molar refractivity (Wildman–Crippen MR) is 145 cm³/mol. The number of rotatable bonds is 12. The van der Waals surface area contributed by atoms with Gasteiger partial charge < -0.3 is 9.64 Å². The molecule has 33 heavy (non-hydrogen) atoms. The van der Waals surface area contributed by atoms with Gasteiger partial charge in [-0.3, -0.25) is 9.69 Å². The molecule has 9 heteroatoms. The number of benzene rings is 2. The number of carbonyl (C=O) groups excluding carboxylic acids is 1. The van der Waals surface area contributed by atoms with Crippen molar-refractivity contribution < 1.29 is 9.53 Å². The molecule has 1 aromatic heterocycles. The van der Waals surface area contributed by atoms with E-state index in [2.05, 4.69) is 18.7 Å². The van der Waals surface area contributed by atoms with Crippen LogP contribution in [-0.4, -0.2) is 54.8 Å². The molecule has 3 rings (SSSR count). The lowest BCUT2D eigenvalue weighted by atomic mass is 10.3. The number of likely N-dealkylation sites (N-methyl/N-ethyl adjacent to an activating group) is 1. The summed E-state index contributed by atoms with van der Waals surface area (Å²) in [6.45, 7) is 7.66. The number of methoxy groups -OCH3 is 1. The minimum atomic E-state index is 0. The van der Waals surface area contributed by atoms with Gasteiger partial charge in [0.25, 0.3) is 0 Å². The number of ether oxygens (including phenoxy) is 1. The van der Waals surface area contributed by atoms with Crippen molar-refractivity contribution in [3.63, 3.8) is 0 Å². The van der Waals surface area contributed by atoms with Crippen LogP contribution in [0.1, 0.15) is 26.7 Å². The minimum absolute atomic E-state index is 0. The Morgan fingerprint density at radius 3 is 2.48 bits per heavy atom. The molecule has 0 bridgehead atoms. The molecule has 3 aromatic rings. The van der Waals surface area contributed by atoms with Gasteiger partial charge in [-0.25, -0.2) is 4.98 Å². The Hall–Kier alpha value is -1.51. The monoisotopic (exact) mass is 527 g/mol. The zero-order valence-corrected chi connectivity index (χ0v) is 22.5. The second-order valence-electron chi connectivity index (χ2n) is 7.28. The molecule has 0 saturated carbocycles. The summed E-state index contributed by atoms with van der Waals surface area (Å²) >= 11 is 9.61. The van der Waals surface area contributed by atoms with E-state index in [-0.39, 0.29) is 18.3 Å². The van der Waals surface area contributed by atoms with Gasteiger partial charge in [0.1, 0.15) is 11.3 Å². The summed E-state index contributed by atoms with van der Waals surface area (Å²) in [5.41, 5.74) is 0.768. The molecule has 0 aliphatic heterocycles. The second kappa shape index (κ2) is 14.0. The first-order chi connectivity index (χ1) is 15.5. The molecule has 180 valence electrons. The Bertz CT molecular complexity index is 1010. The van der Waals surface area contributed by atoms with Crippen LogP contribution >= 0.6 is 47.1 Å². The molecule has 0 spiro atoms. The lowest BCUT2D eigenvalue weighted by Gasteiger charge is -2.24. The third-order valence-corrected chi connectivity index (χ3v) is 7.73. The highest BCUT2D eigenvalue weighted by molar-refractivity contribution is 7.99. The standard InChI is InChI=1S/C24H30ClN3O2S2.ClH/c1-4-27(5-2)15-16-28(24-26-23-20(25)8-6-9-21(23)32-24)22(29)10-7-17-31-19-13-11-18(30-3)12-14-19;/h6,8-9,11-14H,4-5,7,10,15-17H2,1-3H3;1H.